The van der Waals surface area contributed by atoms with Crippen LogP contribution in [0.1, 0.15) is 31.5 Å². The van der Waals surface area contributed by atoms with Gasteiger partial charge in [-0.1, -0.05) is 12.1 Å². The molecule has 27 heavy (non-hydrogen) atoms. The van der Waals surface area contributed by atoms with Gasteiger partial charge < -0.3 is 21.1 Å². The van der Waals surface area contributed by atoms with E-state index in [0.717, 1.165) is 40.8 Å². The summed E-state index contributed by atoms with van der Waals surface area (Å²) in [5.74, 6) is 0.763. The molecule has 0 spiro atoms. The third kappa shape index (κ3) is 7.15. The van der Waals surface area contributed by atoms with E-state index >= 15 is 0 Å². The Bertz CT molecular complexity index is 772. The van der Waals surface area contributed by atoms with E-state index in [9.17, 15) is 9.90 Å². The van der Waals surface area contributed by atoms with Crippen molar-refractivity contribution in [2.45, 2.75) is 26.7 Å². The van der Waals surface area contributed by atoms with Crippen molar-refractivity contribution in [2.75, 3.05) is 24.8 Å². The van der Waals surface area contributed by atoms with Gasteiger partial charge in [-0.05, 0) is 37.5 Å². The SMILES string of the molecule is CN/C(C)=C(\SCNC(C)=O)c1csc(NCCCc2ccc(O)cc2)n1. The number of rotatable bonds is 10. The lowest BCUT2D eigenvalue weighted by Crippen LogP contribution is -2.19. The number of phenolic OH excluding ortho intramolecular Hbond substituents is 1. The Morgan fingerprint density at radius 2 is 2.00 bits per heavy atom. The van der Waals surface area contributed by atoms with Crippen LogP contribution in [0.3, 0.4) is 0 Å². The summed E-state index contributed by atoms with van der Waals surface area (Å²) < 4.78 is 0. The maximum atomic E-state index is 11.1. The van der Waals surface area contributed by atoms with Crippen LogP contribution < -0.4 is 16.0 Å². The van der Waals surface area contributed by atoms with Gasteiger partial charge in [-0.15, -0.1) is 23.1 Å². The number of amides is 1. The Morgan fingerprint density at radius 1 is 1.26 bits per heavy atom. The molecule has 0 aliphatic rings. The fourth-order valence-electron chi connectivity index (χ4n) is 2.31. The fourth-order valence-corrected chi connectivity index (χ4v) is 4.10. The van der Waals surface area contributed by atoms with Crippen LogP contribution in [0.4, 0.5) is 5.13 Å². The molecule has 146 valence electrons. The number of thiazole rings is 1. The highest BCUT2D eigenvalue weighted by Gasteiger charge is 2.11. The molecule has 0 bridgehead atoms. The lowest BCUT2D eigenvalue weighted by molar-refractivity contribution is -0.118. The molecule has 8 heteroatoms. The number of phenols is 1. The topological polar surface area (TPSA) is 86.3 Å². The fraction of sp³-hybridized carbons (Fsp3) is 0.368. The summed E-state index contributed by atoms with van der Waals surface area (Å²) in [4.78, 5) is 16.8. The second-order valence-corrected chi connectivity index (χ2v) is 7.80. The molecule has 1 aromatic carbocycles. The summed E-state index contributed by atoms with van der Waals surface area (Å²) in [6.45, 7) is 4.34. The molecule has 0 fully saturated rings. The van der Waals surface area contributed by atoms with Crippen LogP contribution >= 0.6 is 23.1 Å². The lowest BCUT2D eigenvalue weighted by atomic mass is 10.1. The summed E-state index contributed by atoms with van der Waals surface area (Å²) >= 11 is 3.13. The highest BCUT2D eigenvalue weighted by Crippen LogP contribution is 2.31. The predicted octanol–water partition coefficient (Wildman–Crippen LogP) is 3.63. The van der Waals surface area contributed by atoms with Gasteiger partial charge in [-0.3, -0.25) is 4.79 Å². The van der Waals surface area contributed by atoms with Crippen LogP contribution in [0.15, 0.2) is 35.3 Å². The number of nitrogens with zero attached hydrogens (tertiary/aromatic N) is 1. The van der Waals surface area contributed by atoms with E-state index in [1.54, 1.807) is 35.2 Å². The molecule has 0 unspecified atom stereocenters. The Hall–Kier alpha value is -2.19. The highest BCUT2D eigenvalue weighted by molar-refractivity contribution is 8.08. The number of benzene rings is 1. The van der Waals surface area contributed by atoms with E-state index in [1.165, 1.54) is 12.5 Å². The number of aryl methyl sites for hydroxylation is 1. The van der Waals surface area contributed by atoms with Gasteiger partial charge in [0.15, 0.2) is 5.13 Å². The Kier molecular flexibility index (Phi) is 8.47. The van der Waals surface area contributed by atoms with Crippen molar-refractivity contribution in [3.8, 4) is 5.75 Å². The lowest BCUT2D eigenvalue weighted by Gasteiger charge is -2.10. The van der Waals surface area contributed by atoms with Gasteiger partial charge in [-0.2, -0.15) is 0 Å². The minimum atomic E-state index is -0.0433. The summed E-state index contributed by atoms with van der Waals surface area (Å²) in [6.07, 6.45) is 1.93. The number of hydrogen-bond donors (Lipinski definition) is 4. The van der Waals surface area contributed by atoms with Crippen LogP contribution in [-0.2, 0) is 11.2 Å². The molecule has 0 aliphatic heterocycles. The van der Waals surface area contributed by atoms with Crippen molar-refractivity contribution in [2.24, 2.45) is 0 Å². The normalized spacial score (nSPS) is 11.7. The standard InChI is InChI=1S/C19H26N4O2S2/c1-13(20-3)18(27-12-22-14(2)24)17-11-26-19(23-17)21-10-4-5-15-6-8-16(25)9-7-15/h6-9,11,20,25H,4-5,10,12H2,1-3H3,(H,21,23)(H,22,24)/b18-13-. The van der Waals surface area contributed by atoms with Gasteiger partial charge in [0, 0.05) is 31.6 Å². The first-order chi connectivity index (χ1) is 13.0. The Morgan fingerprint density at radius 3 is 2.67 bits per heavy atom. The Labute approximate surface area is 168 Å². The summed E-state index contributed by atoms with van der Waals surface area (Å²) in [7, 11) is 1.88. The number of anilines is 1. The van der Waals surface area contributed by atoms with E-state index in [1.807, 2.05) is 31.5 Å². The van der Waals surface area contributed by atoms with E-state index in [-0.39, 0.29) is 5.91 Å². The highest BCUT2D eigenvalue weighted by atomic mass is 32.2. The summed E-state index contributed by atoms with van der Waals surface area (Å²) in [5.41, 5.74) is 3.14. The molecule has 6 nitrogen and oxygen atoms in total. The number of aromatic hydroxyl groups is 1. The van der Waals surface area contributed by atoms with E-state index < -0.39 is 0 Å². The predicted molar refractivity (Wildman–Crippen MR) is 115 cm³/mol. The van der Waals surface area contributed by atoms with Crippen LogP contribution in [0, 0.1) is 0 Å². The quantitative estimate of drug-likeness (QED) is 0.356. The van der Waals surface area contributed by atoms with Gasteiger partial charge in [0.05, 0.1) is 16.5 Å². The molecule has 0 saturated carbocycles. The smallest absolute Gasteiger partial charge is 0.217 e. The van der Waals surface area contributed by atoms with Gasteiger partial charge >= 0.3 is 0 Å². The monoisotopic (exact) mass is 406 g/mol. The molecule has 0 aliphatic carbocycles. The number of allylic oxidation sites excluding steroid dienone is 1. The molecular formula is C19H26N4O2S2. The zero-order chi connectivity index (χ0) is 19.6. The van der Waals surface area contributed by atoms with E-state index in [0.29, 0.717) is 11.6 Å². The number of nitrogens with one attached hydrogen (secondary N) is 3. The molecule has 1 aromatic heterocycles. The van der Waals surface area contributed by atoms with Gasteiger partial charge in [0.1, 0.15) is 5.75 Å². The van der Waals surface area contributed by atoms with E-state index in [4.69, 9.17) is 0 Å². The minimum Gasteiger partial charge on any atom is -0.508 e. The van der Waals surface area contributed by atoms with Crippen molar-refractivity contribution in [1.29, 1.82) is 0 Å². The van der Waals surface area contributed by atoms with Crippen LogP contribution in [0.2, 0.25) is 0 Å². The number of carbonyl (C=O) groups excluding carboxylic acids is 1. The maximum absolute atomic E-state index is 11.1. The minimum absolute atomic E-state index is 0.0433. The molecular weight excluding hydrogens is 380 g/mol. The Balaban J connectivity index is 1.87. The first-order valence-corrected chi connectivity index (χ1v) is 10.6. The first kappa shape index (κ1) is 21.1. The summed E-state index contributed by atoms with van der Waals surface area (Å²) in [5, 5.41) is 21.6. The third-order valence-electron chi connectivity index (χ3n) is 3.84. The molecule has 1 amide bonds. The van der Waals surface area contributed by atoms with Crippen molar-refractivity contribution >= 4 is 39.0 Å². The molecule has 0 saturated heterocycles. The van der Waals surface area contributed by atoms with Crippen LogP contribution in [0.5, 0.6) is 5.75 Å². The largest absolute Gasteiger partial charge is 0.508 e. The molecule has 2 aromatic rings. The number of carbonyl (C=O) groups is 1. The van der Waals surface area contributed by atoms with Gasteiger partial charge in [-0.25, -0.2) is 4.98 Å². The second kappa shape index (κ2) is 10.8. The molecule has 2 rings (SSSR count). The van der Waals surface area contributed by atoms with Crippen molar-refractivity contribution in [1.82, 2.24) is 15.6 Å². The average Bonchev–Trinajstić information content (AvgIpc) is 3.11. The third-order valence-corrected chi connectivity index (χ3v) is 5.74. The van der Waals surface area contributed by atoms with Crippen LogP contribution in [-0.4, -0.2) is 35.5 Å². The maximum Gasteiger partial charge on any atom is 0.217 e. The number of thioether (sulfide) groups is 1. The van der Waals surface area contributed by atoms with Crippen molar-refractivity contribution in [3.05, 3.63) is 46.6 Å². The molecule has 0 radical (unpaired) electrons. The zero-order valence-electron chi connectivity index (χ0n) is 15.8. The van der Waals surface area contributed by atoms with Crippen LogP contribution in [0.25, 0.3) is 4.91 Å². The molecule has 4 N–H and O–H groups in total. The molecule has 1 heterocycles. The number of aromatic nitrogens is 1. The second-order valence-electron chi connectivity index (χ2n) is 5.96. The zero-order valence-corrected chi connectivity index (χ0v) is 17.5. The molecule has 0 atom stereocenters. The average molecular weight is 407 g/mol. The van der Waals surface area contributed by atoms with Crippen molar-refractivity contribution < 1.29 is 9.90 Å². The van der Waals surface area contributed by atoms with E-state index in [2.05, 4.69) is 20.9 Å². The first-order valence-electron chi connectivity index (χ1n) is 8.73. The van der Waals surface area contributed by atoms with Gasteiger partial charge in [0.25, 0.3) is 0 Å². The number of hydrogen-bond acceptors (Lipinski definition) is 7. The summed E-state index contributed by atoms with van der Waals surface area (Å²) in [6, 6.07) is 7.32. The van der Waals surface area contributed by atoms with Crippen molar-refractivity contribution in [3.63, 3.8) is 0 Å². The van der Waals surface area contributed by atoms with Gasteiger partial charge in [0.2, 0.25) is 5.91 Å².